The highest BCUT2D eigenvalue weighted by atomic mass is 127. The van der Waals surface area contributed by atoms with Crippen LogP contribution in [0.25, 0.3) is 0 Å². The van der Waals surface area contributed by atoms with Crippen molar-refractivity contribution in [3.8, 4) is 6.07 Å². The highest BCUT2D eigenvalue weighted by molar-refractivity contribution is 14.1. The molecule has 0 spiro atoms. The minimum absolute atomic E-state index is 0.0175. The van der Waals surface area contributed by atoms with Gasteiger partial charge in [0, 0.05) is 23.7 Å². The molecule has 2 aromatic heterocycles. The van der Waals surface area contributed by atoms with E-state index in [2.05, 4.69) is 25.8 Å². The summed E-state index contributed by atoms with van der Waals surface area (Å²) < 4.78 is 28.1. The molecule has 2 heterocycles. The Kier molecular flexibility index (Phi) is 5.36. The molecule has 1 aromatic carbocycles. The number of hydrogen-bond acceptors (Lipinski definition) is 5. The molecule has 29 heavy (non-hydrogen) atoms. The van der Waals surface area contributed by atoms with Crippen LogP contribution in [0.3, 0.4) is 0 Å². The molecule has 3 N–H and O–H groups in total. The summed E-state index contributed by atoms with van der Waals surface area (Å²) in [5.74, 6) is 0.246. The molecule has 1 unspecified atom stereocenters. The molecule has 1 fully saturated rings. The van der Waals surface area contributed by atoms with Gasteiger partial charge in [0.25, 0.3) is 0 Å². The second-order valence-electron chi connectivity index (χ2n) is 6.95. The third kappa shape index (κ3) is 4.17. The van der Waals surface area contributed by atoms with Crippen molar-refractivity contribution in [1.29, 1.82) is 5.26 Å². The van der Waals surface area contributed by atoms with Crippen LogP contribution >= 0.6 is 22.6 Å². The molecule has 0 saturated heterocycles. The topological polar surface area (TPSA) is 89.4 Å². The van der Waals surface area contributed by atoms with E-state index in [1.54, 1.807) is 34.7 Å². The van der Waals surface area contributed by atoms with Gasteiger partial charge in [0.15, 0.2) is 17.5 Å². The van der Waals surface area contributed by atoms with Gasteiger partial charge in [0.2, 0.25) is 0 Å². The number of benzene rings is 1. The van der Waals surface area contributed by atoms with Gasteiger partial charge in [-0.1, -0.05) is 12.1 Å². The van der Waals surface area contributed by atoms with Crippen LogP contribution in [-0.2, 0) is 0 Å². The predicted octanol–water partition coefficient (Wildman–Crippen LogP) is 5.35. The number of halogens is 3. The second-order valence-corrected chi connectivity index (χ2v) is 8.03. The second kappa shape index (κ2) is 7.94. The van der Waals surface area contributed by atoms with Gasteiger partial charge in [0.1, 0.15) is 23.3 Å². The highest BCUT2D eigenvalue weighted by Gasteiger charge is 2.26. The Balaban J connectivity index is 1.63. The van der Waals surface area contributed by atoms with E-state index in [0.717, 1.165) is 24.1 Å². The number of rotatable bonds is 6. The molecule has 0 aliphatic heterocycles. The zero-order valence-electron chi connectivity index (χ0n) is 15.4. The van der Waals surface area contributed by atoms with Crippen molar-refractivity contribution in [2.24, 2.45) is 0 Å². The summed E-state index contributed by atoms with van der Waals surface area (Å²) in [7, 11) is 0. The molecule has 3 aromatic rings. The molecule has 1 aliphatic rings. The molecular formula is C20H17F2IN6. The lowest BCUT2D eigenvalue weighted by Crippen LogP contribution is -2.12. The molecule has 1 saturated carbocycles. The molecule has 0 bridgehead atoms. The lowest BCUT2D eigenvalue weighted by molar-refractivity contribution is 0.617. The first kappa shape index (κ1) is 19.6. The van der Waals surface area contributed by atoms with Crippen LogP contribution in [0, 0.1) is 26.5 Å². The van der Waals surface area contributed by atoms with Crippen molar-refractivity contribution in [1.82, 2.24) is 15.2 Å². The van der Waals surface area contributed by atoms with Crippen molar-refractivity contribution in [3.05, 3.63) is 62.4 Å². The normalized spacial score (nSPS) is 14.3. The maximum Gasteiger partial charge on any atom is 0.180 e. The lowest BCUT2D eigenvalue weighted by atomic mass is 10.1. The number of nitrogens with zero attached hydrogens (tertiary/aromatic N) is 3. The summed E-state index contributed by atoms with van der Waals surface area (Å²) in [6, 6.07) is 9.61. The van der Waals surface area contributed by atoms with E-state index in [9.17, 15) is 14.0 Å². The summed E-state index contributed by atoms with van der Waals surface area (Å²) >= 11 is 1.80. The number of pyridine rings is 1. The Morgan fingerprint density at radius 3 is 2.62 bits per heavy atom. The van der Waals surface area contributed by atoms with Gasteiger partial charge in [-0.2, -0.15) is 10.4 Å². The number of anilines is 3. The summed E-state index contributed by atoms with van der Waals surface area (Å²) in [5.41, 5.74) is 1.94. The molecule has 1 aliphatic carbocycles. The lowest BCUT2D eigenvalue weighted by Gasteiger charge is -2.18. The summed E-state index contributed by atoms with van der Waals surface area (Å²) in [4.78, 5) is 4.30. The molecule has 0 radical (unpaired) electrons. The fourth-order valence-electron chi connectivity index (χ4n) is 2.99. The van der Waals surface area contributed by atoms with Crippen LogP contribution in [0.5, 0.6) is 0 Å². The van der Waals surface area contributed by atoms with Crippen LogP contribution in [-0.4, -0.2) is 15.2 Å². The van der Waals surface area contributed by atoms with E-state index in [1.165, 1.54) is 12.1 Å². The van der Waals surface area contributed by atoms with E-state index in [0.29, 0.717) is 11.7 Å². The summed E-state index contributed by atoms with van der Waals surface area (Å²) in [6.07, 6.45) is 2.25. The van der Waals surface area contributed by atoms with Crippen molar-refractivity contribution in [3.63, 3.8) is 0 Å². The van der Waals surface area contributed by atoms with E-state index >= 15 is 0 Å². The monoisotopic (exact) mass is 506 g/mol. The Hall–Kier alpha value is -2.74. The van der Waals surface area contributed by atoms with Gasteiger partial charge in [-0.05, 0) is 60.1 Å². The average Bonchev–Trinajstić information content (AvgIpc) is 3.46. The molecule has 9 heteroatoms. The molecule has 1 atom stereocenters. The van der Waals surface area contributed by atoms with Gasteiger partial charge in [-0.15, -0.1) is 0 Å². The first-order valence-corrected chi connectivity index (χ1v) is 10.2. The largest absolute Gasteiger partial charge is 0.362 e. The first-order chi connectivity index (χ1) is 14.0. The van der Waals surface area contributed by atoms with Crippen molar-refractivity contribution in [2.75, 3.05) is 10.6 Å². The molecule has 148 valence electrons. The van der Waals surface area contributed by atoms with Crippen molar-refractivity contribution >= 4 is 40.0 Å². The van der Waals surface area contributed by atoms with E-state index in [4.69, 9.17) is 0 Å². The average molecular weight is 506 g/mol. The van der Waals surface area contributed by atoms with Gasteiger partial charge in [-0.3, -0.25) is 5.10 Å². The summed E-state index contributed by atoms with van der Waals surface area (Å²) in [5, 5.41) is 22.7. The minimum atomic E-state index is -0.613. The Labute approximate surface area is 179 Å². The van der Waals surface area contributed by atoms with Crippen LogP contribution in [0.2, 0.25) is 0 Å². The van der Waals surface area contributed by atoms with Gasteiger partial charge in [0.05, 0.1) is 3.57 Å². The Morgan fingerprint density at radius 1 is 1.24 bits per heavy atom. The fraction of sp³-hybridized carbons (Fsp3) is 0.250. The molecule has 6 nitrogen and oxygen atoms in total. The molecule has 4 rings (SSSR count). The quantitative estimate of drug-likeness (QED) is 0.392. The number of hydrogen-bond donors (Lipinski definition) is 3. The number of nitrogens with one attached hydrogen (secondary N) is 3. The standard InChI is InChI=1S/C20H17F2IN6/c1-10(11-4-6-13(21)7-5-11)25-19-14(9-24)18(23)17(22)20(27-19)26-16-8-15(28-29-16)12-2-3-12/h4-8,10,12H,2-3H2,1H3,(H3,25,26,27,28,29). The highest BCUT2D eigenvalue weighted by Crippen LogP contribution is 2.40. The number of H-pyrrole nitrogens is 1. The van der Waals surface area contributed by atoms with E-state index in [-0.39, 0.29) is 32.6 Å². The first-order valence-electron chi connectivity index (χ1n) is 9.09. The smallest absolute Gasteiger partial charge is 0.180 e. The van der Waals surface area contributed by atoms with Gasteiger partial charge >= 0.3 is 0 Å². The number of nitriles is 1. The maximum absolute atomic E-state index is 14.8. The van der Waals surface area contributed by atoms with Crippen LogP contribution in [0.4, 0.5) is 26.2 Å². The fourth-order valence-corrected chi connectivity index (χ4v) is 3.62. The number of aromatic nitrogens is 3. The predicted molar refractivity (Wildman–Crippen MR) is 114 cm³/mol. The van der Waals surface area contributed by atoms with E-state index < -0.39 is 5.82 Å². The third-order valence-electron chi connectivity index (χ3n) is 4.78. The Bertz CT molecular complexity index is 1090. The maximum atomic E-state index is 14.8. The molecule has 0 amide bonds. The van der Waals surface area contributed by atoms with Crippen LogP contribution in [0.1, 0.15) is 48.5 Å². The number of aromatic amines is 1. The SMILES string of the molecule is CC(Nc1nc(Nc2cc(C3CC3)[nH]n2)c(F)c(I)c1C#N)c1ccc(F)cc1. The van der Waals surface area contributed by atoms with Crippen molar-refractivity contribution < 1.29 is 8.78 Å². The molecular weight excluding hydrogens is 489 g/mol. The van der Waals surface area contributed by atoms with E-state index in [1.807, 2.05) is 19.1 Å². The summed E-state index contributed by atoms with van der Waals surface area (Å²) in [6.45, 7) is 1.86. The third-order valence-corrected chi connectivity index (χ3v) is 5.79. The van der Waals surface area contributed by atoms with Gasteiger partial charge in [-0.25, -0.2) is 13.8 Å². The zero-order chi connectivity index (χ0) is 20.5. The van der Waals surface area contributed by atoms with Crippen LogP contribution in [0.15, 0.2) is 30.3 Å². The Morgan fingerprint density at radius 2 is 1.97 bits per heavy atom. The minimum Gasteiger partial charge on any atom is -0.362 e. The van der Waals surface area contributed by atoms with Crippen LogP contribution < -0.4 is 10.6 Å². The zero-order valence-corrected chi connectivity index (χ0v) is 17.6. The van der Waals surface area contributed by atoms with Crippen molar-refractivity contribution in [2.45, 2.75) is 31.7 Å². The van der Waals surface area contributed by atoms with Gasteiger partial charge < -0.3 is 10.6 Å².